The standard InChI is InChI=1S/C16H16F3N/c1-10(2)20-9-12-7-13(17)4-5-14(12)11-3-6-15(18)16(19)8-11/h3-8,10,20H,9H2,1-2H3. The first kappa shape index (κ1) is 14.6. The second-order valence-corrected chi connectivity index (χ2v) is 4.97. The first-order chi connectivity index (χ1) is 9.47. The van der Waals surface area contributed by atoms with Gasteiger partial charge in [0.05, 0.1) is 0 Å². The van der Waals surface area contributed by atoms with Gasteiger partial charge in [0, 0.05) is 12.6 Å². The van der Waals surface area contributed by atoms with Gasteiger partial charge in [0.1, 0.15) is 5.82 Å². The molecular formula is C16H16F3N. The topological polar surface area (TPSA) is 12.0 Å². The van der Waals surface area contributed by atoms with Crippen LogP contribution in [0.5, 0.6) is 0 Å². The van der Waals surface area contributed by atoms with Crippen molar-refractivity contribution in [1.82, 2.24) is 5.32 Å². The summed E-state index contributed by atoms with van der Waals surface area (Å²) in [7, 11) is 0. The predicted molar refractivity (Wildman–Crippen MR) is 73.7 cm³/mol. The maximum absolute atomic E-state index is 13.4. The summed E-state index contributed by atoms with van der Waals surface area (Å²) in [4.78, 5) is 0. The molecule has 4 heteroatoms. The monoisotopic (exact) mass is 279 g/mol. The number of hydrogen-bond acceptors (Lipinski definition) is 1. The fraction of sp³-hybridized carbons (Fsp3) is 0.250. The van der Waals surface area contributed by atoms with E-state index in [1.165, 1.54) is 18.2 Å². The van der Waals surface area contributed by atoms with Gasteiger partial charge in [-0.05, 0) is 41.0 Å². The van der Waals surface area contributed by atoms with Crippen LogP contribution in [0.2, 0.25) is 0 Å². The molecule has 0 heterocycles. The quantitative estimate of drug-likeness (QED) is 0.881. The van der Waals surface area contributed by atoms with Crippen LogP contribution in [0.1, 0.15) is 19.4 Å². The van der Waals surface area contributed by atoms with E-state index in [0.29, 0.717) is 23.2 Å². The molecule has 0 fully saturated rings. The van der Waals surface area contributed by atoms with E-state index in [0.717, 1.165) is 12.1 Å². The van der Waals surface area contributed by atoms with Crippen LogP contribution < -0.4 is 5.32 Å². The first-order valence-corrected chi connectivity index (χ1v) is 6.44. The van der Waals surface area contributed by atoms with E-state index in [9.17, 15) is 13.2 Å². The van der Waals surface area contributed by atoms with Crippen LogP contribution in [0.15, 0.2) is 36.4 Å². The SMILES string of the molecule is CC(C)NCc1cc(F)ccc1-c1ccc(F)c(F)c1. The molecule has 1 N–H and O–H groups in total. The fourth-order valence-electron chi connectivity index (χ4n) is 1.97. The molecule has 0 radical (unpaired) electrons. The lowest BCUT2D eigenvalue weighted by molar-refractivity contribution is 0.509. The van der Waals surface area contributed by atoms with Crippen molar-refractivity contribution in [2.45, 2.75) is 26.4 Å². The van der Waals surface area contributed by atoms with E-state index in [1.807, 2.05) is 13.8 Å². The van der Waals surface area contributed by atoms with Crippen LogP contribution in [0.3, 0.4) is 0 Å². The van der Waals surface area contributed by atoms with E-state index in [1.54, 1.807) is 6.07 Å². The Balaban J connectivity index is 2.41. The molecule has 2 rings (SSSR count). The molecule has 0 aromatic heterocycles. The molecule has 0 spiro atoms. The molecule has 0 unspecified atom stereocenters. The van der Waals surface area contributed by atoms with Gasteiger partial charge < -0.3 is 5.32 Å². The molecule has 106 valence electrons. The maximum atomic E-state index is 13.4. The second kappa shape index (κ2) is 6.09. The highest BCUT2D eigenvalue weighted by Gasteiger charge is 2.10. The zero-order chi connectivity index (χ0) is 14.7. The summed E-state index contributed by atoms with van der Waals surface area (Å²) in [5.41, 5.74) is 1.94. The average molecular weight is 279 g/mol. The summed E-state index contributed by atoms with van der Waals surface area (Å²) in [5.74, 6) is -2.15. The van der Waals surface area contributed by atoms with Crippen LogP contribution in [-0.4, -0.2) is 6.04 Å². The van der Waals surface area contributed by atoms with Gasteiger partial charge in [-0.2, -0.15) is 0 Å². The second-order valence-electron chi connectivity index (χ2n) is 4.97. The Kier molecular flexibility index (Phi) is 4.45. The Hall–Kier alpha value is -1.81. The molecule has 0 bridgehead atoms. The molecule has 0 aliphatic carbocycles. The molecule has 0 amide bonds. The van der Waals surface area contributed by atoms with Crippen LogP contribution in [0.4, 0.5) is 13.2 Å². The van der Waals surface area contributed by atoms with Gasteiger partial charge in [-0.15, -0.1) is 0 Å². The molecule has 0 atom stereocenters. The largest absolute Gasteiger partial charge is 0.310 e. The number of nitrogens with one attached hydrogen (secondary N) is 1. The molecule has 2 aromatic rings. The summed E-state index contributed by atoms with van der Waals surface area (Å²) >= 11 is 0. The third-order valence-electron chi connectivity index (χ3n) is 3.00. The van der Waals surface area contributed by atoms with E-state index in [-0.39, 0.29) is 11.9 Å². The molecule has 0 saturated carbocycles. The highest BCUT2D eigenvalue weighted by atomic mass is 19.2. The van der Waals surface area contributed by atoms with Gasteiger partial charge in [0.25, 0.3) is 0 Å². The first-order valence-electron chi connectivity index (χ1n) is 6.44. The molecule has 0 aliphatic rings. The smallest absolute Gasteiger partial charge is 0.159 e. The van der Waals surface area contributed by atoms with Gasteiger partial charge in [-0.1, -0.05) is 26.0 Å². The highest BCUT2D eigenvalue weighted by Crippen LogP contribution is 2.26. The van der Waals surface area contributed by atoms with Crippen molar-refractivity contribution in [3.8, 4) is 11.1 Å². The van der Waals surface area contributed by atoms with Crippen molar-refractivity contribution in [3.63, 3.8) is 0 Å². The molecular weight excluding hydrogens is 263 g/mol. The molecule has 0 saturated heterocycles. The third-order valence-corrected chi connectivity index (χ3v) is 3.00. The number of hydrogen-bond donors (Lipinski definition) is 1. The van der Waals surface area contributed by atoms with Crippen molar-refractivity contribution in [3.05, 3.63) is 59.4 Å². The van der Waals surface area contributed by atoms with Gasteiger partial charge in [-0.3, -0.25) is 0 Å². The summed E-state index contributed by atoms with van der Waals surface area (Å²) in [6.45, 7) is 4.43. The maximum Gasteiger partial charge on any atom is 0.159 e. The number of halogens is 3. The van der Waals surface area contributed by atoms with Crippen molar-refractivity contribution in [2.75, 3.05) is 0 Å². The van der Waals surface area contributed by atoms with E-state index in [2.05, 4.69) is 5.32 Å². The highest BCUT2D eigenvalue weighted by molar-refractivity contribution is 5.67. The Morgan fingerprint density at radius 2 is 1.70 bits per heavy atom. The van der Waals surface area contributed by atoms with Crippen molar-refractivity contribution >= 4 is 0 Å². The molecule has 2 aromatic carbocycles. The molecule has 1 nitrogen and oxygen atoms in total. The summed E-state index contributed by atoms with van der Waals surface area (Å²) in [6, 6.07) is 8.25. The van der Waals surface area contributed by atoms with Crippen molar-refractivity contribution in [1.29, 1.82) is 0 Å². The van der Waals surface area contributed by atoms with E-state index < -0.39 is 11.6 Å². The van der Waals surface area contributed by atoms with Crippen LogP contribution in [-0.2, 0) is 6.54 Å². The number of benzene rings is 2. The summed E-state index contributed by atoms with van der Waals surface area (Å²) < 4.78 is 39.7. The van der Waals surface area contributed by atoms with Gasteiger partial charge in [0.2, 0.25) is 0 Å². The van der Waals surface area contributed by atoms with E-state index >= 15 is 0 Å². The predicted octanol–water partition coefficient (Wildman–Crippen LogP) is 4.27. The third kappa shape index (κ3) is 3.39. The fourth-order valence-corrected chi connectivity index (χ4v) is 1.97. The normalized spacial score (nSPS) is 11.1. The minimum absolute atomic E-state index is 0.246. The van der Waals surface area contributed by atoms with Crippen LogP contribution in [0.25, 0.3) is 11.1 Å². The van der Waals surface area contributed by atoms with E-state index in [4.69, 9.17) is 0 Å². The lowest BCUT2D eigenvalue weighted by Crippen LogP contribution is -2.22. The van der Waals surface area contributed by atoms with Gasteiger partial charge in [0.15, 0.2) is 11.6 Å². The Labute approximate surface area is 116 Å². The summed E-state index contributed by atoms with van der Waals surface area (Å²) in [5, 5.41) is 3.19. The van der Waals surface area contributed by atoms with Gasteiger partial charge in [-0.25, -0.2) is 13.2 Å². The lowest BCUT2D eigenvalue weighted by atomic mass is 9.99. The van der Waals surface area contributed by atoms with Crippen molar-refractivity contribution in [2.24, 2.45) is 0 Å². The Morgan fingerprint density at radius 1 is 0.950 bits per heavy atom. The summed E-state index contributed by atoms with van der Waals surface area (Å²) in [6.07, 6.45) is 0. The minimum atomic E-state index is -0.908. The molecule has 0 aliphatic heterocycles. The Morgan fingerprint density at radius 3 is 2.35 bits per heavy atom. The van der Waals surface area contributed by atoms with Crippen molar-refractivity contribution < 1.29 is 13.2 Å². The average Bonchev–Trinajstić information content (AvgIpc) is 2.40. The zero-order valence-corrected chi connectivity index (χ0v) is 11.4. The van der Waals surface area contributed by atoms with Gasteiger partial charge >= 0.3 is 0 Å². The van der Waals surface area contributed by atoms with Crippen LogP contribution in [0, 0.1) is 17.5 Å². The minimum Gasteiger partial charge on any atom is -0.310 e. The Bertz CT molecular complexity index is 609. The lowest BCUT2D eigenvalue weighted by Gasteiger charge is -2.13. The molecule has 20 heavy (non-hydrogen) atoms. The van der Waals surface area contributed by atoms with Crippen LogP contribution >= 0.6 is 0 Å². The zero-order valence-electron chi connectivity index (χ0n) is 11.4. The number of rotatable bonds is 4.